The summed E-state index contributed by atoms with van der Waals surface area (Å²) in [7, 11) is 1.49. The van der Waals surface area contributed by atoms with Crippen molar-refractivity contribution in [2.24, 2.45) is 0 Å². The minimum Gasteiger partial charge on any atom is -0.493 e. The van der Waals surface area contributed by atoms with Crippen LogP contribution in [0, 0.1) is 10.1 Å². The number of benzene rings is 2. The Morgan fingerprint density at radius 2 is 1.80 bits per heavy atom. The number of halogens is 1. The molecule has 0 atom stereocenters. The second kappa shape index (κ2) is 9.23. The number of nitrogens with one attached hydrogen (secondary N) is 2. The van der Waals surface area contributed by atoms with E-state index in [1.54, 1.807) is 18.2 Å². The van der Waals surface area contributed by atoms with E-state index in [1.807, 2.05) is 29.2 Å². The van der Waals surface area contributed by atoms with E-state index < -0.39 is 21.9 Å². The van der Waals surface area contributed by atoms with Crippen LogP contribution in [0.5, 0.6) is 11.5 Å². The van der Waals surface area contributed by atoms with Crippen molar-refractivity contribution in [1.29, 1.82) is 0 Å². The standard InChI is InChI=1S/C20H16BrN3O6/c1-29-17-10-12(4-8-15-18(24(27)28)19(25)23-20(26)22-15)5-9-16(17)30-11-13-2-6-14(21)7-3-13/h2-10H,11H2,1H3,(H2,22,23,25,26). The van der Waals surface area contributed by atoms with E-state index >= 15 is 0 Å². The molecule has 2 aromatic carbocycles. The van der Waals surface area contributed by atoms with Crippen LogP contribution in [-0.4, -0.2) is 22.0 Å². The number of hydrogen-bond acceptors (Lipinski definition) is 6. The van der Waals surface area contributed by atoms with Gasteiger partial charge >= 0.3 is 16.9 Å². The van der Waals surface area contributed by atoms with Crippen molar-refractivity contribution >= 4 is 33.8 Å². The Labute approximate surface area is 178 Å². The Balaban J connectivity index is 1.83. The molecular formula is C20H16BrN3O6. The molecule has 0 aliphatic heterocycles. The molecule has 0 radical (unpaired) electrons. The zero-order valence-electron chi connectivity index (χ0n) is 15.7. The summed E-state index contributed by atoms with van der Waals surface area (Å²) < 4.78 is 12.1. The van der Waals surface area contributed by atoms with Crippen LogP contribution in [0.1, 0.15) is 16.8 Å². The molecule has 0 amide bonds. The second-order valence-corrected chi connectivity index (χ2v) is 7.00. The van der Waals surface area contributed by atoms with Crippen molar-refractivity contribution in [2.45, 2.75) is 6.61 Å². The first-order valence-corrected chi connectivity index (χ1v) is 9.41. The lowest BCUT2D eigenvalue weighted by Crippen LogP contribution is -2.25. The van der Waals surface area contributed by atoms with Crippen LogP contribution >= 0.6 is 15.9 Å². The van der Waals surface area contributed by atoms with Crippen LogP contribution in [0.3, 0.4) is 0 Å². The Morgan fingerprint density at radius 1 is 1.07 bits per heavy atom. The number of hydrogen-bond donors (Lipinski definition) is 2. The molecule has 3 rings (SSSR count). The van der Waals surface area contributed by atoms with Crippen LogP contribution in [0.2, 0.25) is 0 Å². The van der Waals surface area contributed by atoms with Crippen LogP contribution in [0.25, 0.3) is 12.2 Å². The fourth-order valence-corrected chi connectivity index (χ4v) is 2.89. The van der Waals surface area contributed by atoms with Gasteiger partial charge in [-0.25, -0.2) is 4.79 Å². The summed E-state index contributed by atoms with van der Waals surface area (Å²) >= 11 is 3.38. The molecule has 3 aromatic rings. The maximum Gasteiger partial charge on any atom is 0.357 e. The van der Waals surface area contributed by atoms with Gasteiger partial charge in [0.1, 0.15) is 12.3 Å². The third-order valence-corrected chi connectivity index (χ3v) is 4.59. The number of ether oxygens (including phenoxy) is 2. The number of H-pyrrole nitrogens is 2. The Morgan fingerprint density at radius 3 is 2.47 bits per heavy atom. The maximum atomic E-state index is 11.7. The summed E-state index contributed by atoms with van der Waals surface area (Å²) in [5.74, 6) is 0.983. The quantitative estimate of drug-likeness (QED) is 0.399. The van der Waals surface area contributed by atoms with Gasteiger partial charge in [-0.05, 0) is 41.5 Å². The number of nitrogens with zero attached hydrogens (tertiary/aromatic N) is 1. The second-order valence-electron chi connectivity index (χ2n) is 6.09. The van der Waals surface area contributed by atoms with Gasteiger partial charge in [-0.2, -0.15) is 0 Å². The molecule has 0 saturated heterocycles. The lowest BCUT2D eigenvalue weighted by Gasteiger charge is -2.11. The number of aromatic amines is 2. The SMILES string of the molecule is COc1cc(C=Cc2[nH]c(=O)[nH]c(=O)c2[N+](=O)[O-])ccc1OCc1ccc(Br)cc1. The highest BCUT2D eigenvalue weighted by Gasteiger charge is 2.18. The minimum atomic E-state index is -1.07. The summed E-state index contributed by atoms with van der Waals surface area (Å²) in [6.07, 6.45) is 2.80. The molecule has 9 nitrogen and oxygen atoms in total. The molecule has 0 spiro atoms. The Hall–Kier alpha value is -3.66. The van der Waals surface area contributed by atoms with E-state index in [2.05, 4.69) is 20.9 Å². The van der Waals surface area contributed by atoms with Gasteiger partial charge in [0.25, 0.3) is 0 Å². The molecule has 0 bridgehead atoms. The first-order valence-electron chi connectivity index (χ1n) is 8.61. The number of rotatable bonds is 7. The Kier molecular flexibility index (Phi) is 6.48. The number of aromatic nitrogens is 2. The molecular weight excluding hydrogens is 458 g/mol. The monoisotopic (exact) mass is 473 g/mol. The van der Waals surface area contributed by atoms with Gasteiger partial charge in [-0.3, -0.25) is 19.9 Å². The van der Waals surface area contributed by atoms with Gasteiger partial charge in [0, 0.05) is 4.47 Å². The summed E-state index contributed by atoms with van der Waals surface area (Å²) in [5, 5.41) is 11.1. The van der Waals surface area contributed by atoms with Crippen LogP contribution in [0.4, 0.5) is 5.69 Å². The van der Waals surface area contributed by atoms with E-state index in [4.69, 9.17) is 9.47 Å². The summed E-state index contributed by atoms with van der Waals surface area (Å²) in [5.41, 5.74) is -1.25. The number of methoxy groups -OCH3 is 1. The third kappa shape index (κ3) is 5.03. The normalized spacial score (nSPS) is 10.9. The molecule has 10 heteroatoms. The summed E-state index contributed by atoms with van der Waals surface area (Å²) in [4.78, 5) is 37.5. The van der Waals surface area contributed by atoms with Crippen molar-refractivity contribution in [3.8, 4) is 11.5 Å². The third-order valence-electron chi connectivity index (χ3n) is 4.07. The topological polar surface area (TPSA) is 127 Å². The molecule has 1 aromatic heterocycles. The van der Waals surface area contributed by atoms with Crippen molar-refractivity contribution in [1.82, 2.24) is 9.97 Å². The molecule has 0 unspecified atom stereocenters. The zero-order valence-corrected chi connectivity index (χ0v) is 17.3. The van der Waals surface area contributed by atoms with Crippen LogP contribution in [0.15, 0.2) is 56.5 Å². The predicted molar refractivity (Wildman–Crippen MR) is 115 cm³/mol. The van der Waals surface area contributed by atoms with Crippen molar-refractivity contribution < 1.29 is 14.4 Å². The fraction of sp³-hybridized carbons (Fsp3) is 0.100. The highest BCUT2D eigenvalue weighted by molar-refractivity contribution is 9.10. The highest BCUT2D eigenvalue weighted by Crippen LogP contribution is 2.30. The van der Waals surface area contributed by atoms with Crippen molar-refractivity contribution in [3.05, 3.63) is 94.7 Å². The van der Waals surface area contributed by atoms with Crippen LogP contribution < -0.4 is 20.7 Å². The minimum absolute atomic E-state index is 0.205. The van der Waals surface area contributed by atoms with E-state index in [-0.39, 0.29) is 5.69 Å². The van der Waals surface area contributed by atoms with Gasteiger partial charge in [0.2, 0.25) is 0 Å². The average Bonchev–Trinajstić information content (AvgIpc) is 2.71. The molecule has 0 aliphatic carbocycles. The lowest BCUT2D eigenvalue weighted by molar-refractivity contribution is -0.386. The van der Waals surface area contributed by atoms with Crippen molar-refractivity contribution in [2.75, 3.05) is 7.11 Å². The maximum absolute atomic E-state index is 11.7. The molecule has 154 valence electrons. The largest absolute Gasteiger partial charge is 0.493 e. The molecule has 0 saturated carbocycles. The molecule has 30 heavy (non-hydrogen) atoms. The first-order chi connectivity index (χ1) is 14.4. The average molecular weight is 474 g/mol. The van der Waals surface area contributed by atoms with Crippen molar-refractivity contribution in [3.63, 3.8) is 0 Å². The molecule has 2 N–H and O–H groups in total. The molecule has 0 fully saturated rings. The van der Waals surface area contributed by atoms with E-state index in [9.17, 15) is 19.7 Å². The van der Waals surface area contributed by atoms with Gasteiger partial charge in [-0.1, -0.05) is 40.2 Å². The highest BCUT2D eigenvalue weighted by atomic mass is 79.9. The predicted octanol–water partition coefficient (Wildman–Crippen LogP) is 3.49. The van der Waals surface area contributed by atoms with E-state index in [0.717, 1.165) is 10.0 Å². The molecule has 1 heterocycles. The first kappa shape index (κ1) is 21.1. The van der Waals surface area contributed by atoms with Gasteiger partial charge in [0.05, 0.1) is 12.0 Å². The summed E-state index contributed by atoms with van der Waals surface area (Å²) in [6, 6.07) is 12.8. The van der Waals surface area contributed by atoms with Gasteiger partial charge < -0.3 is 14.5 Å². The van der Waals surface area contributed by atoms with Gasteiger partial charge in [0.15, 0.2) is 11.5 Å². The smallest absolute Gasteiger partial charge is 0.357 e. The van der Waals surface area contributed by atoms with Crippen LogP contribution in [-0.2, 0) is 6.61 Å². The Bertz CT molecular complexity index is 1210. The summed E-state index contributed by atoms with van der Waals surface area (Å²) in [6.45, 7) is 0.346. The fourth-order valence-electron chi connectivity index (χ4n) is 2.63. The van der Waals surface area contributed by atoms with E-state index in [0.29, 0.717) is 23.7 Å². The number of nitro groups is 1. The van der Waals surface area contributed by atoms with E-state index in [1.165, 1.54) is 19.3 Å². The molecule has 0 aliphatic rings. The zero-order chi connectivity index (χ0) is 21.7. The lowest BCUT2D eigenvalue weighted by atomic mass is 10.1. The van der Waals surface area contributed by atoms with Gasteiger partial charge in [-0.15, -0.1) is 0 Å².